The minimum absolute atomic E-state index is 0.214. The SMILES string of the molecule is c1ccc2c(c1)CC1C(c3cccc4ccccc34)=Nc3cccc(c31)O2. The number of hydrogen-bond donors (Lipinski definition) is 0. The van der Waals surface area contributed by atoms with Crippen molar-refractivity contribution in [1.29, 1.82) is 0 Å². The highest BCUT2D eigenvalue weighted by atomic mass is 16.5. The van der Waals surface area contributed by atoms with Crippen molar-refractivity contribution in [3.05, 3.63) is 102 Å². The average molecular weight is 347 g/mol. The number of hydrogen-bond acceptors (Lipinski definition) is 2. The second kappa shape index (κ2) is 5.55. The maximum atomic E-state index is 6.29. The molecule has 0 amide bonds. The van der Waals surface area contributed by atoms with E-state index < -0.39 is 0 Å². The summed E-state index contributed by atoms with van der Waals surface area (Å²) in [5.74, 6) is 2.10. The van der Waals surface area contributed by atoms with E-state index in [9.17, 15) is 0 Å². The maximum absolute atomic E-state index is 6.29. The highest BCUT2D eigenvalue weighted by Gasteiger charge is 2.34. The number of para-hydroxylation sites is 1. The molecule has 6 rings (SSSR count). The van der Waals surface area contributed by atoms with Crippen LogP contribution in [-0.2, 0) is 6.42 Å². The molecule has 0 saturated carbocycles. The standard InChI is InChI=1S/C25H17NO/c1-3-10-18-16(7-1)9-5-11-19(18)25-20-15-17-8-2-4-13-22(17)27-23-14-6-12-21(26-25)24(20)23/h1-14,20H,15H2. The van der Waals surface area contributed by atoms with Gasteiger partial charge < -0.3 is 4.74 Å². The molecule has 2 heterocycles. The first-order valence-electron chi connectivity index (χ1n) is 9.34. The first kappa shape index (κ1) is 14.7. The van der Waals surface area contributed by atoms with E-state index in [4.69, 9.17) is 9.73 Å². The van der Waals surface area contributed by atoms with E-state index in [-0.39, 0.29) is 5.92 Å². The molecule has 4 aromatic carbocycles. The lowest BCUT2D eigenvalue weighted by Crippen LogP contribution is -2.12. The number of benzene rings is 4. The van der Waals surface area contributed by atoms with Crippen LogP contribution in [0.1, 0.15) is 22.6 Å². The molecule has 0 aromatic heterocycles. The lowest BCUT2D eigenvalue weighted by atomic mass is 9.85. The topological polar surface area (TPSA) is 21.6 Å². The van der Waals surface area contributed by atoms with Gasteiger partial charge in [0.05, 0.1) is 11.4 Å². The Morgan fingerprint density at radius 3 is 2.52 bits per heavy atom. The molecule has 2 heteroatoms. The summed E-state index contributed by atoms with van der Waals surface area (Å²) in [5, 5.41) is 2.51. The van der Waals surface area contributed by atoms with Crippen LogP contribution in [0, 0.1) is 0 Å². The van der Waals surface area contributed by atoms with E-state index in [1.165, 1.54) is 27.5 Å². The summed E-state index contributed by atoms with van der Waals surface area (Å²) in [6.45, 7) is 0. The Morgan fingerprint density at radius 2 is 1.52 bits per heavy atom. The van der Waals surface area contributed by atoms with Crippen molar-refractivity contribution in [3.63, 3.8) is 0 Å². The van der Waals surface area contributed by atoms with E-state index >= 15 is 0 Å². The van der Waals surface area contributed by atoms with E-state index in [0.717, 1.165) is 29.3 Å². The fraction of sp³-hybridized carbons (Fsp3) is 0.0800. The van der Waals surface area contributed by atoms with Crippen LogP contribution in [0.4, 0.5) is 5.69 Å². The van der Waals surface area contributed by atoms with Crippen molar-refractivity contribution in [2.24, 2.45) is 4.99 Å². The van der Waals surface area contributed by atoms with Gasteiger partial charge in [-0.15, -0.1) is 0 Å². The summed E-state index contributed by atoms with van der Waals surface area (Å²) >= 11 is 0. The Morgan fingerprint density at radius 1 is 0.741 bits per heavy atom. The number of nitrogens with zero attached hydrogens (tertiary/aromatic N) is 1. The molecule has 2 aliphatic heterocycles. The number of ether oxygens (including phenoxy) is 1. The Labute approximate surface area is 157 Å². The van der Waals surface area contributed by atoms with Gasteiger partial charge in [0.25, 0.3) is 0 Å². The molecular weight excluding hydrogens is 330 g/mol. The molecule has 1 unspecified atom stereocenters. The minimum atomic E-state index is 0.214. The summed E-state index contributed by atoms with van der Waals surface area (Å²) in [4.78, 5) is 5.08. The molecule has 128 valence electrons. The third kappa shape index (κ3) is 2.16. The molecule has 0 aliphatic carbocycles. The van der Waals surface area contributed by atoms with Gasteiger partial charge in [0, 0.05) is 17.0 Å². The summed E-state index contributed by atoms with van der Waals surface area (Å²) in [5.41, 5.74) is 5.86. The predicted octanol–water partition coefficient (Wildman–Crippen LogP) is 6.41. The van der Waals surface area contributed by atoms with Crippen LogP contribution in [0.15, 0.2) is 89.9 Å². The smallest absolute Gasteiger partial charge is 0.133 e. The fourth-order valence-electron chi connectivity index (χ4n) is 4.42. The van der Waals surface area contributed by atoms with Gasteiger partial charge in [0.15, 0.2) is 0 Å². The van der Waals surface area contributed by atoms with E-state index in [2.05, 4.69) is 72.8 Å². The monoisotopic (exact) mass is 347 g/mol. The van der Waals surface area contributed by atoms with Gasteiger partial charge in [-0.2, -0.15) is 0 Å². The Balaban J connectivity index is 1.60. The van der Waals surface area contributed by atoms with Gasteiger partial charge in [0.1, 0.15) is 11.5 Å². The molecule has 27 heavy (non-hydrogen) atoms. The fourth-order valence-corrected chi connectivity index (χ4v) is 4.42. The molecular formula is C25H17NO. The van der Waals surface area contributed by atoms with Crippen molar-refractivity contribution in [2.45, 2.75) is 12.3 Å². The summed E-state index contributed by atoms with van der Waals surface area (Å²) in [7, 11) is 0. The normalized spacial score (nSPS) is 16.9. The van der Waals surface area contributed by atoms with Gasteiger partial charge in [-0.3, -0.25) is 4.99 Å². The first-order chi connectivity index (χ1) is 13.4. The average Bonchev–Trinajstić information content (AvgIpc) is 2.98. The second-order valence-electron chi connectivity index (χ2n) is 7.18. The van der Waals surface area contributed by atoms with Crippen LogP contribution < -0.4 is 4.74 Å². The zero-order valence-corrected chi connectivity index (χ0v) is 14.7. The summed E-state index contributed by atoms with van der Waals surface area (Å²) in [6.07, 6.45) is 0.905. The molecule has 0 radical (unpaired) electrons. The summed E-state index contributed by atoms with van der Waals surface area (Å²) in [6, 6.07) is 29.6. The Kier molecular flexibility index (Phi) is 3.03. The van der Waals surface area contributed by atoms with Crippen LogP contribution in [0.2, 0.25) is 0 Å². The van der Waals surface area contributed by atoms with Gasteiger partial charge in [-0.25, -0.2) is 0 Å². The molecule has 1 atom stereocenters. The maximum Gasteiger partial charge on any atom is 0.133 e. The lowest BCUT2D eigenvalue weighted by Gasteiger charge is -2.15. The Hall–Kier alpha value is -3.39. The molecule has 4 aromatic rings. The van der Waals surface area contributed by atoms with E-state index in [1.807, 2.05) is 12.1 Å². The summed E-state index contributed by atoms with van der Waals surface area (Å²) < 4.78 is 6.29. The first-order valence-corrected chi connectivity index (χ1v) is 9.34. The molecule has 2 nitrogen and oxygen atoms in total. The predicted molar refractivity (Wildman–Crippen MR) is 110 cm³/mol. The molecule has 0 bridgehead atoms. The van der Waals surface area contributed by atoms with Crippen LogP contribution in [0.5, 0.6) is 11.5 Å². The third-order valence-corrected chi connectivity index (χ3v) is 5.64. The quantitative estimate of drug-likeness (QED) is 0.390. The second-order valence-corrected chi connectivity index (χ2v) is 7.18. The molecule has 0 fully saturated rings. The Bertz CT molecular complexity index is 1230. The third-order valence-electron chi connectivity index (χ3n) is 5.64. The van der Waals surface area contributed by atoms with Gasteiger partial charge in [-0.05, 0) is 41.0 Å². The van der Waals surface area contributed by atoms with Crippen molar-refractivity contribution >= 4 is 22.2 Å². The highest BCUT2D eigenvalue weighted by molar-refractivity contribution is 6.17. The van der Waals surface area contributed by atoms with Crippen molar-refractivity contribution in [1.82, 2.24) is 0 Å². The van der Waals surface area contributed by atoms with Crippen LogP contribution >= 0.6 is 0 Å². The zero-order valence-electron chi connectivity index (χ0n) is 14.7. The largest absolute Gasteiger partial charge is 0.457 e. The van der Waals surface area contributed by atoms with E-state index in [0.29, 0.717) is 0 Å². The van der Waals surface area contributed by atoms with Crippen molar-refractivity contribution < 1.29 is 4.74 Å². The number of rotatable bonds is 1. The molecule has 2 aliphatic rings. The van der Waals surface area contributed by atoms with Crippen molar-refractivity contribution in [2.75, 3.05) is 0 Å². The molecule has 0 saturated heterocycles. The highest BCUT2D eigenvalue weighted by Crippen LogP contribution is 2.49. The van der Waals surface area contributed by atoms with Gasteiger partial charge in [-0.1, -0.05) is 66.7 Å². The minimum Gasteiger partial charge on any atom is -0.457 e. The van der Waals surface area contributed by atoms with Gasteiger partial charge >= 0.3 is 0 Å². The zero-order chi connectivity index (χ0) is 17.8. The molecule has 0 spiro atoms. The van der Waals surface area contributed by atoms with Crippen LogP contribution in [0.25, 0.3) is 10.8 Å². The van der Waals surface area contributed by atoms with Crippen LogP contribution in [0.3, 0.4) is 0 Å². The van der Waals surface area contributed by atoms with Crippen LogP contribution in [-0.4, -0.2) is 5.71 Å². The number of aliphatic imine (C=N–C) groups is 1. The van der Waals surface area contributed by atoms with Crippen molar-refractivity contribution in [3.8, 4) is 11.5 Å². The van der Waals surface area contributed by atoms with Gasteiger partial charge in [0.2, 0.25) is 0 Å². The number of fused-ring (bicyclic) bond motifs is 2. The van der Waals surface area contributed by atoms with E-state index in [1.54, 1.807) is 0 Å². The lowest BCUT2D eigenvalue weighted by molar-refractivity contribution is 0.479. The molecule has 0 N–H and O–H groups in total.